The normalized spacial score (nSPS) is 28.2. The number of carbonyl (C=O) groups is 1. The third-order valence-electron chi connectivity index (χ3n) is 4.85. The average Bonchev–Trinajstić information content (AvgIpc) is 3.13. The number of hydrogen-bond donors (Lipinski definition) is 3. The summed E-state index contributed by atoms with van der Waals surface area (Å²) in [4.78, 5) is 14.3. The van der Waals surface area contributed by atoms with Gasteiger partial charge in [0.25, 0.3) is 0 Å². The van der Waals surface area contributed by atoms with Gasteiger partial charge in [0.15, 0.2) is 0 Å². The second-order valence-corrected chi connectivity index (χ2v) is 6.65. The maximum atomic E-state index is 12.6. The molecule has 1 saturated heterocycles. The Bertz CT molecular complexity index is 521. The van der Waals surface area contributed by atoms with Crippen LogP contribution >= 0.6 is 0 Å². The Morgan fingerprint density at radius 1 is 1.52 bits per heavy atom. The Hall–Kier alpha value is -1.40. The van der Waals surface area contributed by atoms with E-state index in [4.69, 9.17) is 5.73 Å². The summed E-state index contributed by atoms with van der Waals surface area (Å²) in [5.74, 6) is 0.0569. The lowest BCUT2D eigenvalue weighted by Crippen LogP contribution is -2.53. The third kappa shape index (κ3) is 2.82. The Morgan fingerprint density at radius 3 is 2.86 bits per heavy atom. The van der Waals surface area contributed by atoms with E-state index >= 15 is 0 Å². The lowest BCUT2D eigenvalue weighted by molar-refractivity contribution is -0.136. The van der Waals surface area contributed by atoms with Crippen LogP contribution in [0.1, 0.15) is 37.1 Å². The number of aryl methyl sites for hydroxylation is 1. The van der Waals surface area contributed by atoms with Gasteiger partial charge < -0.3 is 15.7 Å². The Balaban J connectivity index is 1.64. The van der Waals surface area contributed by atoms with Crippen LogP contribution < -0.4 is 5.73 Å². The minimum absolute atomic E-state index is 0.0137. The molecule has 0 aromatic carbocycles. The van der Waals surface area contributed by atoms with E-state index in [2.05, 4.69) is 10.2 Å². The number of carbonyl (C=O) groups excluding carboxylic acids is 1. The quantitative estimate of drug-likeness (QED) is 0.749. The number of likely N-dealkylation sites (tertiary alicyclic amines) is 1. The van der Waals surface area contributed by atoms with Gasteiger partial charge in [-0.25, -0.2) is 0 Å². The summed E-state index contributed by atoms with van der Waals surface area (Å²) in [6.07, 6.45) is 3.77. The molecule has 1 aliphatic heterocycles. The van der Waals surface area contributed by atoms with E-state index in [0.717, 1.165) is 37.1 Å². The van der Waals surface area contributed by atoms with Crippen LogP contribution in [0.5, 0.6) is 0 Å². The molecule has 0 spiro atoms. The highest BCUT2D eigenvalue weighted by molar-refractivity contribution is 5.86. The Morgan fingerprint density at radius 2 is 2.24 bits per heavy atom. The van der Waals surface area contributed by atoms with Crippen molar-refractivity contribution in [3.63, 3.8) is 0 Å². The standard InChI is InChI=1S/C15H24N4O2/c1-10-6-12(18-17-10)7-11-8-19(9-13(11)20)14(21)15(16)4-2-3-5-15/h6,11,13,20H,2-5,7-9,16H2,1H3,(H,17,18)/t11-,13+/m1/s1. The molecule has 2 fully saturated rings. The first-order valence-electron chi connectivity index (χ1n) is 7.75. The highest BCUT2D eigenvalue weighted by Crippen LogP contribution is 2.31. The number of β-amino-alcohol motifs (C(OH)–C–C–N with tert-alkyl or cyclic N) is 1. The number of aliphatic hydroxyl groups is 1. The van der Waals surface area contributed by atoms with Gasteiger partial charge in [0.05, 0.1) is 17.3 Å². The van der Waals surface area contributed by atoms with Gasteiger partial charge in [0, 0.05) is 24.7 Å². The molecule has 1 amide bonds. The van der Waals surface area contributed by atoms with Crippen molar-refractivity contribution in [3.05, 3.63) is 17.5 Å². The van der Waals surface area contributed by atoms with Crippen molar-refractivity contribution in [2.75, 3.05) is 13.1 Å². The molecule has 6 heteroatoms. The van der Waals surface area contributed by atoms with E-state index in [-0.39, 0.29) is 11.8 Å². The maximum absolute atomic E-state index is 12.6. The summed E-state index contributed by atoms with van der Waals surface area (Å²) in [5.41, 5.74) is 7.49. The van der Waals surface area contributed by atoms with Crippen molar-refractivity contribution in [2.45, 2.75) is 50.7 Å². The molecule has 1 aromatic heterocycles. The smallest absolute Gasteiger partial charge is 0.242 e. The monoisotopic (exact) mass is 292 g/mol. The number of aromatic nitrogens is 2. The first kappa shape index (κ1) is 14.5. The Labute approximate surface area is 124 Å². The fraction of sp³-hybridized carbons (Fsp3) is 0.733. The molecule has 3 rings (SSSR count). The van der Waals surface area contributed by atoms with Crippen molar-refractivity contribution >= 4 is 5.91 Å². The van der Waals surface area contributed by atoms with Crippen LogP contribution in [-0.2, 0) is 11.2 Å². The van der Waals surface area contributed by atoms with Crippen molar-refractivity contribution < 1.29 is 9.90 Å². The van der Waals surface area contributed by atoms with Crippen molar-refractivity contribution in [1.29, 1.82) is 0 Å². The lowest BCUT2D eigenvalue weighted by atomic mass is 9.97. The minimum Gasteiger partial charge on any atom is -0.391 e. The number of H-pyrrole nitrogens is 1. The molecule has 6 nitrogen and oxygen atoms in total. The second-order valence-electron chi connectivity index (χ2n) is 6.65. The van der Waals surface area contributed by atoms with Gasteiger partial charge in [-0.3, -0.25) is 9.89 Å². The number of aromatic amines is 1. The summed E-state index contributed by atoms with van der Waals surface area (Å²) < 4.78 is 0. The topological polar surface area (TPSA) is 95.2 Å². The van der Waals surface area contributed by atoms with Gasteiger partial charge in [-0.2, -0.15) is 5.10 Å². The zero-order valence-electron chi connectivity index (χ0n) is 12.5. The molecular formula is C15H24N4O2. The highest BCUT2D eigenvalue weighted by Gasteiger charge is 2.44. The molecule has 0 radical (unpaired) electrons. The molecule has 4 N–H and O–H groups in total. The minimum atomic E-state index is -0.697. The molecule has 0 unspecified atom stereocenters. The third-order valence-corrected chi connectivity index (χ3v) is 4.85. The number of amides is 1. The van der Waals surface area contributed by atoms with E-state index in [1.165, 1.54) is 0 Å². The summed E-state index contributed by atoms with van der Waals surface area (Å²) in [6.45, 7) is 2.92. The molecule has 116 valence electrons. The lowest BCUT2D eigenvalue weighted by Gasteiger charge is -2.28. The molecular weight excluding hydrogens is 268 g/mol. The SMILES string of the molecule is Cc1cc(C[C@@H]2CN(C(=O)C3(N)CCCC3)C[C@@H]2O)n[nH]1. The van der Waals surface area contributed by atoms with Gasteiger partial charge in [0.2, 0.25) is 5.91 Å². The zero-order valence-corrected chi connectivity index (χ0v) is 12.5. The Kier molecular flexibility index (Phi) is 3.75. The van der Waals surface area contributed by atoms with Crippen LogP contribution in [0.2, 0.25) is 0 Å². The van der Waals surface area contributed by atoms with Crippen LogP contribution in [0.15, 0.2) is 6.07 Å². The highest BCUT2D eigenvalue weighted by atomic mass is 16.3. The number of aliphatic hydroxyl groups excluding tert-OH is 1. The number of nitrogens with zero attached hydrogens (tertiary/aromatic N) is 2. The van der Waals surface area contributed by atoms with Gasteiger partial charge >= 0.3 is 0 Å². The van der Waals surface area contributed by atoms with E-state index in [1.54, 1.807) is 4.90 Å². The zero-order chi connectivity index (χ0) is 15.0. The predicted molar refractivity (Wildman–Crippen MR) is 78.5 cm³/mol. The molecule has 0 bridgehead atoms. The molecule has 1 aliphatic carbocycles. The summed E-state index contributed by atoms with van der Waals surface area (Å²) in [6, 6.07) is 1.98. The van der Waals surface area contributed by atoms with Gasteiger partial charge in [0.1, 0.15) is 0 Å². The van der Waals surface area contributed by atoms with E-state index in [1.807, 2.05) is 13.0 Å². The number of hydrogen-bond acceptors (Lipinski definition) is 4. The summed E-state index contributed by atoms with van der Waals surface area (Å²) in [7, 11) is 0. The van der Waals surface area contributed by atoms with Gasteiger partial charge in [-0.15, -0.1) is 0 Å². The maximum Gasteiger partial charge on any atom is 0.242 e. The van der Waals surface area contributed by atoms with Crippen LogP contribution in [0.4, 0.5) is 0 Å². The van der Waals surface area contributed by atoms with E-state index in [0.29, 0.717) is 19.5 Å². The van der Waals surface area contributed by atoms with Crippen LogP contribution in [-0.4, -0.2) is 50.8 Å². The molecule has 2 atom stereocenters. The van der Waals surface area contributed by atoms with Crippen LogP contribution in [0.3, 0.4) is 0 Å². The van der Waals surface area contributed by atoms with Gasteiger partial charge in [-0.05, 0) is 32.3 Å². The van der Waals surface area contributed by atoms with Crippen LogP contribution in [0, 0.1) is 12.8 Å². The van der Waals surface area contributed by atoms with Crippen molar-refractivity contribution in [2.24, 2.45) is 11.7 Å². The average molecular weight is 292 g/mol. The summed E-state index contributed by atoms with van der Waals surface area (Å²) in [5, 5.41) is 17.4. The number of nitrogens with one attached hydrogen (secondary N) is 1. The fourth-order valence-corrected chi connectivity index (χ4v) is 3.60. The predicted octanol–water partition coefficient (Wildman–Crippen LogP) is 0.351. The number of nitrogens with two attached hydrogens (primary N) is 1. The summed E-state index contributed by atoms with van der Waals surface area (Å²) >= 11 is 0. The van der Waals surface area contributed by atoms with Crippen molar-refractivity contribution in [1.82, 2.24) is 15.1 Å². The molecule has 2 heterocycles. The van der Waals surface area contributed by atoms with Crippen molar-refractivity contribution in [3.8, 4) is 0 Å². The molecule has 1 aromatic rings. The van der Waals surface area contributed by atoms with Gasteiger partial charge in [-0.1, -0.05) is 12.8 Å². The van der Waals surface area contributed by atoms with E-state index < -0.39 is 11.6 Å². The largest absolute Gasteiger partial charge is 0.391 e. The molecule has 1 saturated carbocycles. The van der Waals surface area contributed by atoms with Crippen LogP contribution in [0.25, 0.3) is 0 Å². The fourth-order valence-electron chi connectivity index (χ4n) is 3.60. The first-order chi connectivity index (χ1) is 9.98. The first-order valence-corrected chi connectivity index (χ1v) is 7.75. The molecule has 2 aliphatic rings. The van der Waals surface area contributed by atoms with E-state index in [9.17, 15) is 9.90 Å². The molecule has 21 heavy (non-hydrogen) atoms. The second kappa shape index (κ2) is 5.42. The number of rotatable bonds is 3.